The lowest BCUT2D eigenvalue weighted by atomic mass is 10.1. The number of nitro groups is 1. The number of carbonyl (C=O) groups is 1. The number of aromatic nitrogens is 1. The van der Waals surface area contributed by atoms with Crippen LogP contribution in [0.2, 0.25) is 0 Å². The molecule has 7 nitrogen and oxygen atoms in total. The first-order chi connectivity index (χ1) is 10.5. The van der Waals surface area contributed by atoms with Crippen molar-refractivity contribution in [2.24, 2.45) is 0 Å². The van der Waals surface area contributed by atoms with E-state index >= 15 is 0 Å². The van der Waals surface area contributed by atoms with Gasteiger partial charge in [0.25, 0.3) is 5.69 Å². The highest BCUT2D eigenvalue weighted by Gasteiger charge is 2.15. The molecule has 1 N–H and O–H groups in total. The molecule has 1 heterocycles. The quantitative estimate of drug-likeness (QED) is 0.672. The summed E-state index contributed by atoms with van der Waals surface area (Å²) in [4.78, 5) is 25.1. The Labute approximate surface area is 125 Å². The molecule has 0 amide bonds. The Bertz CT molecular complexity index is 755. The summed E-state index contributed by atoms with van der Waals surface area (Å²) in [7, 11) is 1.53. The van der Waals surface area contributed by atoms with Crippen LogP contribution in [0.3, 0.4) is 0 Å². The first-order valence-corrected chi connectivity index (χ1v) is 6.21. The lowest BCUT2D eigenvalue weighted by Gasteiger charge is -2.04. The Morgan fingerprint density at radius 3 is 2.73 bits per heavy atom. The van der Waals surface area contributed by atoms with Crippen LogP contribution in [0, 0.1) is 10.1 Å². The summed E-state index contributed by atoms with van der Waals surface area (Å²) in [6.07, 6.45) is 4.14. The highest BCUT2D eigenvalue weighted by molar-refractivity contribution is 5.93. The number of carboxylic acids is 1. The van der Waals surface area contributed by atoms with Crippen LogP contribution < -0.4 is 4.74 Å². The number of para-hydroxylation sites is 1. The standard InChI is InChI=1S/C15H12N2O5/c1-22-14-5-3-2-4-10(14)6-7-13-12(15(18)19)8-11(9-16-13)17(20)21/h2-9H,1H3,(H,18,19)/b7-6-. The lowest BCUT2D eigenvalue weighted by Crippen LogP contribution is -2.03. The lowest BCUT2D eigenvalue weighted by molar-refractivity contribution is -0.385. The average Bonchev–Trinajstić information content (AvgIpc) is 2.52. The number of nitrogens with zero attached hydrogens (tertiary/aromatic N) is 2. The summed E-state index contributed by atoms with van der Waals surface area (Å²) >= 11 is 0. The zero-order valence-corrected chi connectivity index (χ0v) is 11.6. The number of hydrogen-bond donors (Lipinski definition) is 1. The van der Waals surface area contributed by atoms with E-state index in [4.69, 9.17) is 9.84 Å². The van der Waals surface area contributed by atoms with Gasteiger partial charge >= 0.3 is 5.97 Å². The van der Waals surface area contributed by atoms with Crippen molar-refractivity contribution in [3.8, 4) is 5.75 Å². The third-order valence-electron chi connectivity index (χ3n) is 2.90. The van der Waals surface area contributed by atoms with E-state index in [1.54, 1.807) is 18.2 Å². The SMILES string of the molecule is COc1ccccc1/C=C\c1ncc([N+](=O)[O-])cc1C(=O)O. The fourth-order valence-corrected chi connectivity index (χ4v) is 1.84. The van der Waals surface area contributed by atoms with Crippen LogP contribution in [0.5, 0.6) is 5.75 Å². The maximum Gasteiger partial charge on any atom is 0.338 e. The Hall–Kier alpha value is -3.22. The van der Waals surface area contributed by atoms with Crippen LogP contribution in [0.15, 0.2) is 36.5 Å². The molecule has 0 radical (unpaired) electrons. The number of methoxy groups -OCH3 is 1. The molecule has 112 valence electrons. The van der Waals surface area contributed by atoms with Crippen LogP contribution in [0.4, 0.5) is 5.69 Å². The smallest absolute Gasteiger partial charge is 0.338 e. The van der Waals surface area contributed by atoms with Crippen molar-refractivity contribution < 1.29 is 19.6 Å². The van der Waals surface area contributed by atoms with Crippen LogP contribution in [-0.2, 0) is 0 Å². The van der Waals surface area contributed by atoms with Gasteiger partial charge in [-0.1, -0.05) is 18.2 Å². The minimum atomic E-state index is -1.28. The van der Waals surface area contributed by atoms with Crippen molar-refractivity contribution in [2.75, 3.05) is 7.11 Å². The molecule has 0 saturated carbocycles. The zero-order valence-electron chi connectivity index (χ0n) is 11.6. The predicted molar refractivity (Wildman–Crippen MR) is 79.8 cm³/mol. The van der Waals surface area contributed by atoms with Crippen LogP contribution in [-0.4, -0.2) is 28.1 Å². The van der Waals surface area contributed by atoms with Gasteiger partial charge in [-0.3, -0.25) is 10.1 Å². The minimum Gasteiger partial charge on any atom is -0.496 e. The maximum absolute atomic E-state index is 11.2. The average molecular weight is 300 g/mol. The second-order valence-corrected chi connectivity index (χ2v) is 4.26. The third-order valence-corrected chi connectivity index (χ3v) is 2.90. The summed E-state index contributed by atoms with van der Waals surface area (Å²) in [6.45, 7) is 0. The highest BCUT2D eigenvalue weighted by atomic mass is 16.6. The molecule has 0 aliphatic heterocycles. The van der Waals surface area contributed by atoms with Gasteiger partial charge in [-0.2, -0.15) is 0 Å². The summed E-state index contributed by atoms with van der Waals surface area (Å²) < 4.78 is 5.18. The maximum atomic E-state index is 11.2. The minimum absolute atomic E-state index is 0.129. The van der Waals surface area contributed by atoms with Gasteiger partial charge in [0.05, 0.1) is 23.3 Å². The number of rotatable bonds is 5. The molecular weight excluding hydrogens is 288 g/mol. The molecule has 2 aromatic rings. The molecule has 0 unspecified atom stereocenters. The van der Waals surface area contributed by atoms with Gasteiger partial charge in [0.1, 0.15) is 11.9 Å². The molecule has 0 aliphatic carbocycles. The molecule has 1 aromatic carbocycles. The summed E-state index contributed by atoms with van der Waals surface area (Å²) in [5.41, 5.74) is 0.262. The van der Waals surface area contributed by atoms with Crippen molar-refractivity contribution >= 4 is 23.8 Å². The van der Waals surface area contributed by atoms with E-state index in [9.17, 15) is 14.9 Å². The molecule has 22 heavy (non-hydrogen) atoms. The Balaban J connectivity index is 2.42. The fourth-order valence-electron chi connectivity index (χ4n) is 1.84. The van der Waals surface area contributed by atoms with Crippen LogP contribution >= 0.6 is 0 Å². The van der Waals surface area contributed by atoms with E-state index in [1.165, 1.54) is 13.2 Å². The summed E-state index contributed by atoms with van der Waals surface area (Å²) in [6, 6.07) is 8.16. The highest BCUT2D eigenvalue weighted by Crippen LogP contribution is 2.22. The van der Waals surface area contributed by atoms with Gasteiger partial charge in [0.2, 0.25) is 0 Å². The van der Waals surface area contributed by atoms with Gasteiger partial charge < -0.3 is 9.84 Å². The van der Waals surface area contributed by atoms with E-state index in [2.05, 4.69) is 4.98 Å². The molecule has 0 saturated heterocycles. The summed E-state index contributed by atoms with van der Waals surface area (Å²) in [5, 5.41) is 19.8. The molecule has 0 bridgehead atoms. The summed E-state index contributed by atoms with van der Waals surface area (Å²) in [5.74, 6) is -0.659. The number of carboxylic acid groups (broad SMARTS) is 1. The Kier molecular flexibility index (Phi) is 4.47. The third kappa shape index (κ3) is 3.26. The number of ether oxygens (including phenoxy) is 1. The monoisotopic (exact) mass is 300 g/mol. The van der Waals surface area contributed by atoms with Crippen LogP contribution in [0.25, 0.3) is 12.2 Å². The number of aromatic carboxylic acids is 1. The normalized spacial score (nSPS) is 10.6. The van der Waals surface area contributed by atoms with E-state index < -0.39 is 10.9 Å². The Morgan fingerprint density at radius 1 is 1.36 bits per heavy atom. The largest absolute Gasteiger partial charge is 0.496 e. The molecule has 7 heteroatoms. The number of benzene rings is 1. The van der Waals surface area contributed by atoms with Crippen molar-refractivity contribution in [2.45, 2.75) is 0 Å². The molecule has 1 aromatic heterocycles. The molecule has 0 atom stereocenters. The van der Waals surface area contributed by atoms with Gasteiger partial charge in [0.15, 0.2) is 0 Å². The predicted octanol–water partition coefficient (Wildman–Crippen LogP) is 2.87. The van der Waals surface area contributed by atoms with E-state index in [-0.39, 0.29) is 16.9 Å². The van der Waals surface area contributed by atoms with E-state index in [1.807, 2.05) is 12.1 Å². The van der Waals surface area contributed by atoms with E-state index in [0.717, 1.165) is 17.8 Å². The molecule has 0 fully saturated rings. The van der Waals surface area contributed by atoms with Crippen molar-refractivity contribution in [1.29, 1.82) is 0 Å². The van der Waals surface area contributed by atoms with Gasteiger partial charge in [0, 0.05) is 11.6 Å². The number of hydrogen-bond acceptors (Lipinski definition) is 5. The molecule has 0 aliphatic rings. The van der Waals surface area contributed by atoms with Crippen molar-refractivity contribution in [3.63, 3.8) is 0 Å². The molecular formula is C15H12N2O5. The van der Waals surface area contributed by atoms with Gasteiger partial charge in [-0.25, -0.2) is 9.78 Å². The second kappa shape index (κ2) is 6.49. The first kappa shape index (κ1) is 15.2. The number of pyridine rings is 1. The molecule has 0 spiro atoms. The van der Waals surface area contributed by atoms with E-state index in [0.29, 0.717) is 5.75 Å². The fraction of sp³-hybridized carbons (Fsp3) is 0.0667. The van der Waals surface area contributed by atoms with Crippen molar-refractivity contribution in [1.82, 2.24) is 4.98 Å². The van der Waals surface area contributed by atoms with Gasteiger partial charge in [-0.15, -0.1) is 0 Å². The topological polar surface area (TPSA) is 103 Å². The van der Waals surface area contributed by atoms with Gasteiger partial charge in [-0.05, 0) is 18.2 Å². The first-order valence-electron chi connectivity index (χ1n) is 6.21. The zero-order chi connectivity index (χ0) is 16.1. The second-order valence-electron chi connectivity index (χ2n) is 4.26. The molecule has 2 rings (SSSR count). The Morgan fingerprint density at radius 2 is 2.09 bits per heavy atom. The van der Waals surface area contributed by atoms with Crippen molar-refractivity contribution in [3.05, 3.63) is 63.5 Å². The van der Waals surface area contributed by atoms with Crippen LogP contribution in [0.1, 0.15) is 21.6 Å².